The highest BCUT2D eigenvalue weighted by atomic mass is 16.5. The third kappa shape index (κ3) is 13.2. The van der Waals surface area contributed by atoms with Gasteiger partial charge in [0.25, 0.3) is 0 Å². The molecule has 5 nitrogen and oxygen atoms in total. The van der Waals surface area contributed by atoms with Crippen LogP contribution in [0.4, 0.5) is 0 Å². The molecule has 0 rings (SSSR count). The Hall–Kier alpha value is -0.200. The van der Waals surface area contributed by atoms with Crippen molar-refractivity contribution < 1.29 is 14.6 Å². The highest BCUT2D eigenvalue weighted by Gasteiger charge is 2.21. The molecule has 0 atom stereocenters. The van der Waals surface area contributed by atoms with Crippen LogP contribution < -0.4 is 10.6 Å². The Morgan fingerprint density at radius 1 is 0.857 bits per heavy atom. The molecule has 0 aliphatic heterocycles. The standard InChI is InChI=1S/C16H36N2O3/c1-15(2,20-5)8-14-21-16(3,4)7-6-9-17-10-11-18-12-13-19/h17-19H,6-14H2,1-5H3. The zero-order valence-electron chi connectivity index (χ0n) is 14.6. The topological polar surface area (TPSA) is 62.8 Å². The van der Waals surface area contributed by atoms with Gasteiger partial charge in [0.05, 0.1) is 24.4 Å². The third-order valence-corrected chi connectivity index (χ3v) is 3.65. The predicted octanol–water partition coefficient (Wildman–Crippen LogP) is 1.55. The summed E-state index contributed by atoms with van der Waals surface area (Å²) in [6, 6.07) is 0. The van der Waals surface area contributed by atoms with Gasteiger partial charge in [-0.15, -0.1) is 0 Å². The lowest BCUT2D eigenvalue weighted by Gasteiger charge is -2.29. The normalized spacial score (nSPS) is 12.9. The number of aliphatic hydroxyl groups is 1. The quantitative estimate of drug-likeness (QED) is 0.425. The Kier molecular flexibility index (Phi) is 11.3. The molecule has 0 radical (unpaired) electrons. The van der Waals surface area contributed by atoms with Crippen molar-refractivity contribution in [1.82, 2.24) is 10.6 Å². The van der Waals surface area contributed by atoms with E-state index in [2.05, 4.69) is 38.3 Å². The van der Waals surface area contributed by atoms with Crippen LogP contribution in [0.2, 0.25) is 0 Å². The van der Waals surface area contributed by atoms with Gasteiger partial charge < -0.3 is 25.2 Å². The average Bonchev–Trinajstić information content (AvgIpc) is 2.41. The van der Waals surface area contributed by atoms with Gasteiger partial charge in [-0.3, -0.25) is 0 Å². The SMILES string of the molecule is COC(C)(C)CCOC(C)(C)CCCNCCNCCO. The minimum absolute atomic E-state index is 0.0827. The Morgan fingerprint density at radius 3 is 2.05 bits per heavy atom. The Balaban J connectivity index is 3.55. The van der Waals surface area contributed by atoms with E-state index in [1.807, 2.05) is 0 Å². The van der Waals surface area contributed by atoms with Crippen molar-refractivity contribution in [2.45, 2.75) is 58.2 Å². The van der Waals surface area contributed by atoms with Crippen molar-refractivity contribution in [3.05, 3.63) is 0 Å². The smallest absolute Gasteiger partial charge is 0.0644 e. The summed E-state index contributed by atoms with van der Waals surface area (Å²) in [6.07, 6.45) is 3.04. The van der Waals surface area contributed by atoms with Gasteiger partial charge in [0.15, 0.2) is 0 Å². The summed E-state index contributed by atoms with van der Waals surface area (Å²) in [6.45, 7) is 12.9. The van der Waals surface area contributed by atoms with Gasteiger partial charge in [-0.2, -0.15) is 0 Å². The zero-order chi connectivity index (χ0) is 16.2. The summed E-state index contributed by atoms with van der Waals surface area (Å²) in [5, 5.41) is 15.2. The maximum Gasteiger partial charge on any atom is 0.0644 e. The van der Waals surface area contributed by atoms with Crippen molar-refractivity contribution in [3.8, 4) is 0 Å². The van der Waals surface area contributed by atoms with Gasteiger partial charge in [-0.1, -0.05) is 0 Å². The summed E-state index contributed by atoms with van der Waals surface area (Å²) in [5.74, 6) is 0. The maximum absolute atomic E-state index is 8.63. The van der Waals surface area contributed by atoms with E-state index >= 15 is 0 Å². The second-order valence-corrected chi connectivity index (χ2v) is 6.65. The second kappa shape index (κ2) is 11.4. The highest BCUT2D eigenvalue weighted by Crippen LogP contribution is 2.19. The fraction of sp³-hybridized carbons (Fsp3) is 1.00. The van der Waals surface area contributed by atoms with E-state index in [1.54, 1.807) is 7.11 Å². The van der Waals surface area contributed by atoms with Gasteiger partial charge in [0.2, 0.25) is 0 Å². The number of aliphatic hydroxyl groups excluding tert-OH is 1. The van der Waals surface area contributed by atoms with Gasteiger partial charge >= 0.3 is 0 Å². The molecule has 0 aliphatic carbocycles. The summed E-state index contributed by atoms with van der Waals surface area (Å²) >= 11 is 0. The number of rotatable bonds is 14. The number of hydrogen-bond acceptors (Lipinski definition) is 5. The van der Waals surface area contributed by atoms with E-state index in [9.17, 15) is 0 Å². The molecule has 128 valence electrons. The lowest BCUT2D eigenvalue weighted by Crippen LogP contribution is -2.32. The maximum atomic E-state index is 8.63. The van der Waals surface area contributed by atoms with E-state index < -0.39 is 0 Å². The van der Waals surface area contributed by atoms with Crippen LogP contribution in [0.5, 0.6) is 0 Å². The van der Waals surface area contributed by atoms with Gasteiger partial charge in [-0.25, -0.2) is 0 Å². The molecule has 0 aromatic carbocycles. The third-order valence-electron chi connectivity index (χ3n) is 3.65. The van der Waals surface area contributed by atoms with Gasteiger partial charge in [-0.05, 0) is 53.5 Å². The first-order valence-electron chi connectivity index (χ1n) is 8.04. The molecule has 0 aliphatic rings. The van der Waals surface area contributed by atoms with E-state index in [-0.39, 0.29) is 17.8 Å². The molecule has 0 aromatic rings. The Morgan fingerprint density at radius 2 is 1.48 bits per heavy atom. The molecule has 0 fully saturated rings. The molecule has 3 N–H and O–H groups in total. The van der Waals surface area contributed by atoms with Crippen molar-refractivity contribution in [1.29, 1.82) is 0 Å². The zero-order valence-corrected chi connectivity index (χ0v) is 14.6. The summed E-state index contributed by atoms with van der Waals surface area (Å²) in [4.78, 5) is 0. The van der Waals surface area contributed by atoms with Crippen LogP contribution in [0.1, 0.15) is 47.0 Å². The van der Waals surface area contributed by atoms with Crippen molar-refractivity contribution in [2.75, 3.05) is 46.5 Å². The Bertz CT molecular complexity index is 246. The summed E-state index contributed by atoms with van der Waals surface area (Å²) in [7, 11) is 1.74. The monoisotopic (exact) mass is 304 g/mol. The first-order chi connectivity index (χ1) is 9.83. The molecule has 0 unspecified atom stereocenters. The van der Waals surface area contributed by atoms with E-state index in [0.717, 1.165) is 45.5 Å². The second-order valence-electron chi connectivity index (χ2n) is 6.65. The van der Waals surface area contributed by atoms with Crippen LogP contribution in [0.3, 0.4) is 0 Å². The number of ether oxygens (including phenoxy) is 2. The van der Waals surface area contributed by atoms with Crippen LogP contribution in [-0.2, 0) is 9.47 Å². The van der Waals surface area contributed by atoms with Crippen LogP contribution in [0.25, 0.3) is 0 Å². The van der Waals surface area contributed by atoms with E-state index in [1.165, 1.54) is 0 Å². The fourth-order valence-corrected chi connectivity index (χ4v) is 1.89. The van der Waals surface area contributed by atoms with E-state index in [0.29, 0.717) is 6.54 Å². The molecule has 0 saturated carbocycles. The average molecular weight is 304 g/mol. The van der Waals surface area contributed by atoms with Gasteiger partial charge in [0.1, 0.15) is 0 Å². The first kappa shape index (κ1) is 20.8. The molecule has 0 bridgehead atoms. The number of nitrogens with one attached hydrogen (secondary N) is 2. The van der Waals surface area contributed by atoms with Crippen LogP contribution in [0.15, 0.2) is 0 Å². The van der Waals surface area contributed by atoms with Crippen LogP contribution >= 0.6 is 0 Å². The summed E-state index contributed by atoms with van der Waals surface area (Å²) in [5.41, 5.74) is -0.195. The molecule has 5 heteroatoms. The first-order valence-corrected chi connectivity index (χ1v) is 8.04. The van der Waals surface area contributed by atoms with Crippen molar-refractivity contribution >= 4 is 0 Å². The summed E-state index contributed by atoms with van der Waals surface area (Å²) < 4.78 is 11.4. The molecular formula is C16H36N2O3. The molecular weight excluding hydrogens is 268 g/mol. The van der Waals surface area contributed by atoms with Crippen molar-refractivity contribution in [2.24, 2.45) is 0 Å². The lowest BCUT2D eigenvalue weighted by molar-refractivity contribution is -0.0616. The molecule has 0 heterocycles. The molecule has 21 heavy (non-hydrogen) atoms. The van der Waals surface area contributed by atoms with Gasteiger partial charge in [0, 0.05) is 26.7 Å². The molecule has 0 spiro atoms. The minimum Gasteiger partial charge on any atom is -0.395 e. The van der Waals surface area contributed by atoms with E-state index in [4.69, 9.17) is 14.6 Å². The highest BCUT2D eigenvalue weighted by molar-refractivity contribution is 4.72. The Labute approximate surface area is 130 Å². The molecule has 0 aromatic heterocycles. The van der Waals surface area contributed by atoms with Crippen LogP contribution in [0, 0.1) is 0 Å². The molecule has 0 amide bonds. The van der Waals surface area contributed by atoms with Crippen LogP contribution in [-0.4, -0.2) is 62.8 Å². The number of methoxy groups -OCH3 is 1. The minimum atomic E-state index is -0.112. The molecule has 0 saturated heterocycles. The predicted molar refractivity (Wildman–Crippen MR) is 87.8 cm³/mol. The lowest BCUT2D eigenvalue weighted by atomic mass is 10.0. The largest absolute Gasteiger partial charge is 0.395 e. The van der Waals surface area contributed by atoms with Crippen molar-refractivity contribution in [3.63, 3.8) is 0 Å². The fourth-order valence-electron chi connectivity index (χ4n) is 1.89. The number of hydrogen-bond donors (Lipinski definition) is 3.